The number of sulfonamides is 1. The maximum atomic E-state index is 11.8. The number of hydrogen-bond acceptors (Lipinski definition) is 5. The van der Waals surface area contributed by atoms with Crippen molar-refractivity contribution in [3.05, 3.63) is 24.2 Å². The third-order valence-electron chi connectivity index (χ3n) is 4.86. The lowest BCUT2D eigenvalue weighted by Crippen LogP contribution is -2.50. The van der Waals surface area contributed by atoms with E-state index in [1.165, 1.54) is 10.6 Å². The molecular formula is C14H22N2O4S. The summed E-state index contributed by atoms with van der Waals surface area (Å²) in [6.07, 6.45) is 3.81. The summed E-state index contributed by atoms with van der Waals surface area (Å²) >= 11 is 0. The van der Waals surface area contributed by atoms with Gasteiger partial charge in [0.2, 0.25) is 10.0 Å². The molecular weight excluding hydrogens is 292 g/mol. The Kier molecular flexibility index (Phi) is 3.85. The van der Waals surface area contributed by atoms with Gasteiger partial charge in [0.05, 0.1) is 25.7 Å². The maximum absolute atomic E-state index is 11.8. The monoisotopic (exact) mass is 314 g/mol. The highest BCUT2D eigenvalue weighted by atomic mass is 32.2. The summed E-state index contributed by atoms with van der Waals surface area (Å²) < 4.78 is 30.5. The molecule has 2 aliphatic rings. The number of rotatable bonds is 4. The van der Waals surface area contributed by atoms with E-state index in [-0.39, 0.29) is 17.9 Å². The summed E-state index contributed by atoms with van der Waals surface area (Å²) in [5.74, 6) is 1.14. The number of furan rings is 1. The predicted octanol–water partition coefficient (Wildman–Crippen LogP) is 0.355. The minimum Gasteiger partial charge on any atom is -0.468 e. The van der Waals surface area contributed by atoms with Crippen molar-refractivity contribution in [2.75, 3.05) is 39.0 Å². The van der Waals surface area contributed by atoms with Crippen LogP contribution in [0, 0.1) is 11.3 Å². The number of likely N-dealkylation sites (tertiary alicyclic amines) is 1. The molecule has 2 atom stereocenters. The first-order valence-corrected chi connectivity index (χ1v) is 9.08. The first kappa shape index (κ1) is 15.0. The molecule has 0 amide bonds. The number of hydrogen-bond donors (Lipinski definition) is 1. The quantitative estimate of drug-likeness (QED) is 0.868. The normalized spacial score (nSPS) is 31.4. The van der Waals surface area contributed by atoms with E-state index in [4.69, 9.17) is 4.42 Å². The van der Waals surface area contributed by atoms with Gasteiger partial charge in [-0.3, -0.25) is 4.90 Å². The molecule has 2 fully saturated rings. The molecule has 0 aromatic carbocycles. The molecule has 7 heteroatoms. The van der Waals surface area contributed by atoms with Gasteiger partial charge in [0, 0.05) is 25.0 Å². The largest absolute Gasteiger partial charge is 0.468 e. The van der Waals surface area contributed by atoms with Crippen LogP contribution in [0.15, 0.2) is 22.8 Å². The molecule has 118 valence electrons. The van der Waals surface area contributed by atoms with Crippen LogP contribution in [0.25, 0.3) is 0 Å². The van der Waals surface area contributed by atoms with Crippen LogP contribution in [-0.4, -0.2) is 61.8 Å². The van der Waals surface area contributed by atoms with Gasteiger partial charge in [-0.1, -0.05) is 0 Å². The number of nitrogens with zero attached hydrogens (tertiary/aromatic N) is 2. The predicted molar refractivity (Wildman–Crippen MR) is 78.0 cm³/mol. The maximum Gasteiger partial charge on any atom is 0.211 e. The van der Waals surface area contributed by atoms with Crippen molar-refractivity contribution in [1.29, 1.82) is 0 Å². The van der Waals surface area contributed by atoms with Gasteiger partial charge in [-0.15, -0.1) is 0 Å². The molecule has 3 heterocycles. The van der Waals surface area contributed by atoms with Crippen LogP contribution in [-0.2, 0) is 16.6 Å². The number of aliphatic hydroxyl groups excluding tert-OH is 1. The van der Waals surface area contributed by atoms with E-state index in [1.54, 1.807) is 6.26 Å². The molecule has 0 saturated carbocycles. The van der Waals surface area contributed by atoms with Gasteiger partial charge in [-0.05, 0) is 31.0 Å². The Morgan fingerprint density at radius 1 is 1.48 bits per heavy atom. The Hall–Kier alpha value is -0.890. The van der Waals surface area contributed by atoms with E-state index in [9.17, 15) is 13.5 Å². The first-order chi connectivity index (χ1) is 9.93. The lowest BCUT2D eigenvalue weighted by molar-refractivity contribution is 0.00647. The van der Waals surface area contributed by atoms with Gasteiger partial charge in [0.15, 0.2) is 0 Å². The van der Waals surface area contributed by atoms with E-state index < -0.39 is 10.0 Å². The second-order valence-corrected chi connectivity index (χ2v) is 8.33. The minimum absolute atomic E-state index is 0.0261. The highest BCUT2D eigenvalue weighted by Gasteiger charge is 2.51. The highest BCUT2D eigenvalue weighted by Crippen LogP contribution is 2.42. The van der Waals surface area contributed by atoms with Crippen LogP contribution >= 0.6 is 0 Å². The van der Waals surface area contributed by atoms with E-state index in [0.29, 0.717) is 26.2 Å². The summed E-state index contributed by atoms with van der Waals surface area (Å²) in [7, 11) is -3.19. The van der Waals surface area contributed by atoms with E-state index in [1.807, 2.05) is 12.1 Å². The smallest absolute Gasteiger partial charge is 0.211 e. The van der Waals surface area contributed by atoms with Gasteiger partial charge in [-0.25, -0.2) is 12.7 Å². The van der Waals surface area contributed by atoms with Crippen LogP contribution in [0.4, 0.5) is 0 Å². The molecule has 2 aliphatic heterocycles. The molecule has 1 aromatic rings. The molecule has 3 rings (SSSR count). The lowest BCUT2D eigenvalue weighted by Gasteiger charge is -2.42. The van der Waals surface area contributed by atoms with Crippen LogP contribution < -0.4 is 0 Å². The van der Waals surface area contributed by atoms with Crippen LogP contribution in [0.2, 0.25) is 0 Å². The van der Waals surface area contributed by atoms with Gasteiger partial charge in [0.25, 0.3) is 0 Å². The van der Waals surface area contributed by atoms with Crippen molar-refractivity contribution in [3.8, 4) is 0 Å². The zero-order valence-corrected chi connectivity index (χ0v) is 13.1. The molecule has 1 N–H and O–H groups in total. The van der Waals surface area contributed by atoms with Gasteiger partial charge in [0.1, 0.15) is 5.76 Å². The van der Waals surface area contributed by atoms with Gasteiger partial charge in [-0.2, -0.15) is 0 Å². The second kappa shape index (κ2) is 5.39. The SMILES string of the molecule is CS(=O)(=O)N1C[C@H]2CCN(Cc3ccco3)C[C@@]2(CO)C1. The summed E-state index contributed by atoms with van der Waals surface area (Å²) in [6.45, 7) is 3.31. The van der Waals surface area contributed by atoms with Crippen molar-refractivity contribution in [1.82, 2.24) is 9.21 Å². The molecule has 0 aliphatic carbocycles. The standard InChI is InChI=1S/C14H22N2O4S/c1-21(18,19)16-7-12-4-5-15(8-13-3-2-6-20-13)9-14(12,10-16)11-17/h2-3,6,12,17H,4-5,7-11H2,1H3/t12-,14+/m1/s1. The number of aliphatic hydroxyl groups is 1. The molecule has 0 spiro atoms. The second-order valence-electron chi connectivity index (χ2n) is 6.35. The molecule has 0 bridgehead atoms. The molecule has 0 radical (unpaired) electrons. The summed E-state index contributed by atoms with van der Waals surface area (Å²) in [5, 5.41) is 9.91. The number of fused-ring (bicyclic) bond motifs is 1. The Labute approximate surface area is 125 Å². The minimum atomic E-state index is -3.19. The van der Waals surface area contributed by atoms with Crippen LogP contribution in [0.3, 0.4) is 0 Å². The van der Waals surface area contributed by atoms with Crippen molar-refractivity contribution in [3.63, 3.8) is 0 Å². The topological polar surface area (TPSA) is 74.0 Å². The summed E-state index contributed by atoms with van der Waals surface area (Å²) in [6, 6.07) is 3.81. The number of piperidine rings is 1. The highest BCUT2D eigenvalue weighted by molar-refractivity contribution is 7.88. The van der Waals surface area contributed by atoms with E-state index in [0.717, 1.165) is 18.7 Å². The Morgan fingerprint density at radius 2 is 2.29 bits per heavy atom. The van der Waals surface area contributed by atoms with Crippen LogP contribution in [0.1, 0.15) is 12.2 Å². The fraction of sp³-hybridized carbons (Fsp3) is 0.714. The Bertz CT molecular complexity index is 586. The Morgan fingerprint density at radius 3 is 2.90 bits per heavy atom. The molecule has 21 heavy (non-hydrogen) atoms. The zero-order valence-electron chi connectivity index (χ0n) is 12.2. The third-order valence-corrected chi connectivity index (χ3v) is 6.07. The van der Waals surface area contributed by atoms with E-state index in [2.05, 4.69) is 4.90 Å². The van der Waals surface area contributed by atoms with Gasteiger partial charge >= 0.3 is 0 Å². The van der Waals surface area contributed by atoms with Crippen molar-refractivity contribution in [2.24, 2.45) is 11.3 Å². The van der Waals surface area contributed by atoms with Gasteiger partial charge < -0.3 is 9.52 Å². The average Bonchev–Trinajstić information content (AvgIpc) is 3.05. The molecule has 1 aromatic heterocycles. The Balaban J connectivity index is 1.75. The average molecular weight is 314 g/mol. The molecule has 2 saturated heterocycles. The summed E-state index contributed by atoms with van der Waals surface area (Å²) in [4.78, 5) is 2.25. The third kappa shape index (κ3) is 2.88. The summed E-state index contributed by atoms with van der Waals surface area (Å²) in [5.41, 5.74) is -0.339. The van der Waals surface area contributed by atoms with Crippen LogP contribution in [0.5, 0.6) is 0 Å². The fourth-order valence-electron chi connectivity index (χ4n) is 3.66. The lowest BCUT2D eigenvalue weighted by atomic mass is 9.74. The van der Waals surface area contributed by atoms with Crippen molar-refractivity contribution < 1.29 is 17.9 Å². The molecule has 0 unspecified atom stereocenters. The first-order valence-electron chi connectivity index (χ1n) is 7.24. The molecule has 6 nitrogen and oxygen atoms in total. The van der Waals surface area contributed by atoms with Crippen molar-refractivity contribution >= 4 is 10.0 Å². The fourth-order valence-corrected chi connectivity index (χ4v) is 4.61. The zero-order chi connectivity index (χ0) is 15.1. The van der Waals surface area contributed by atoms with Crippen molar-refractivity contribution in [2.45, 2.75) is 13.0 Å². The van der Waals surface area contributed by atoms with E-state index >= 15 is 0 Å².